The topological polar surface area (TPSA) is 145 Å². The molecule has 0 bridgehead atoms. The third-order valence-electron chi connectivity index (χ3n) is 5.56. The molecule has 2 atom stereocenters. The second-order valence-corrected chi connectivity index (χ2v) is 7.60. The van der Waals surface area contributed by atoms with Gasteiger partial charge in [-0.05, 0) is 35.7 Å². The van der Waals surface area contributed by atoms with E-state index in [9.17, 15) is 14.0 Å². The Bertz CT molecular complexity index is 1040. The van der Waals surface area contributed by atoms with E-state index in [0.29, 0.717) is 48.6 Å². The van der Waals surface area contributed by atoms with Crippen LogP contribution in [0.3, 0.4) is 0 Å². The third kappa shape index (κ3) is 4.92. The zero-order valence-electron chi connectivity index (χ0n) is 17.9. The minimum Gasteiger partial charge on any atom is -0.394 e. The van der Waals surface area contributed by atoms with Crippen LogP contribution in [0.1, 0.15) is 34.3 Å². The van der Waals surface area contributed by atoms with Crippen molar-refractivity contribution in [3.63, 3.8) is 0 Å². The van der Waals surface area contributed by atoms with Crippen molar-refractivity contribution in [1.29, 1.82) is 5.41 Å². The Labute approximate surface area is 185 Å². The fraction of sp³-hybridized carbons (Fsp3) is 0.364. The molecular formula is C22H26FN5O4. The van der Waals surface area contributed by atoms with Crippen molar-refractivity contribution in [3.8, 4) is 11.1 Å². The maximum Gasteiger partial charge on any atom is 0.411 e. The number of nitrogens with one attached hydrogen (secondary N) is 1. The van der Waals surface area contributed by atoms with Crippen molar-refractivity contribution in [3.05, 3.63) is 53.1 Å². The number of amides is 2. The number of ether oxygens (including phenoxy) is 2. The monoisotopic (exact) mass is 443 g/mol. The van der Waals surface area contributed by atoms with Crippen LogP contribution in [0.4, 0.5) is 9.18 Å². The summed E-state index contributed by atoms with van der Waals surface area (Å²) in [7, 11) is 0. The number of morpholine rings is 1. The van der Waals surface area contributed by atoms with Gasteiger partial charge >= 0.3 is 6.09 Å². The van der Waals surface area contributed by atoms with Gasteiger partial charge in [0.2, 0.25) is 5.90 Å². The molecule has 32 heavy (non-hydrogen) atoms. The lowest BCUT2D eigenvalue weighted by molar-refractivity contribution is 0.0302. The minimum absolute atomic E-state index is 0.143. The Morgan fingerprint density at radius 1 is 1.28 bits per heavy atom. The zero-order chi connectivity index (χ0) is 23.4. The molecule has 1 aliphatic rings. The molecule has 1 fully saturated rings. The average Bonchev–Trinajstić information content (AvgIpc) is 2.78. The fourth-order valence-electron chi connectivity index (χ4n) is 3.80. The number of benzene rings is 1. The van der Waals surface area contributed by atoms with Crippen molar-refractivity contribution >= 4 is 17.9 Å². The number of carbonyl (C=O) groups excluding carboxylic acids is 2. The molecule has 0 saturated carbocycles. The van der Waals surface area contributed by atoms with E-state index in [1.807, 2.05) is 0 Å². The average molecular weight is 443 g/mol. The molecule has 2 heterocycles. The van der Waals surface area contributed by atoms with Gasteiger partial charge in [0, 0.05) is 37.0 Å². The van der Waals surface area contributed by atoms with Gasteiger partial charge in [0.25, 0.3) is 5.91 Å². The number of aromatic nitrogens is 1. The number of hydrogen-bond donors (Lipinski definition) is 3. The Balaban J connectivity index is 1.94. The van der Waals surface area contributed by atoms with Crippen LogP contribution >= 0.6 is 0 Å². The van der Waals surface area contributed by atoms with Crippen molar-refractivity contribution in [2.24, 2.45) is 11.5 Å². The summed E-state index contributed by atoms with van der Waals surface area (Å²) in [6.45, 7) is 5.37. The van der Waals surface area contributed by atoms with E-state index in [0.717, 1.165) is 0 Å². The third-order valence-corrected chi connectivity index (χ3v) is 5.56. The van der Waals surface area contributed by atoms with Crippen LogP contribution < -0.4 is 11.5 Å². The van der Waals surface area contributed by atoms with Crippen LogP contribution in [-0.2, 0) is 9.47 Å². The largest absolute Gasteiger partial charge is 0.411 e. The second-order valence-electron chi connectivity index (χ2n) is 7.60. The smallest absolute Gasteiger partial charge is 0.394 e. The van der Waals surface area contributed by atoms with Gasteiger partial charge in [0.1, 0.15) is 5.82 Å². The van der Waals surface area contributed by atoms with Gasteiger partial charge in [-0.3, -0.25) is 15.2 Å². The molecule has 0 spiro atoms. The SMILES string of the molecule is Cc1c(-c2cncc(C(=O)N3CCOCC3)c2)ccc(F)c1C(C)C(N)C(=N)OC(N)=O. The van der Waals surface area contributed by atoms with E-state index < -0.39 is 29.8 Å². The zero-order valence-corrected chi connectivity index (χ0v) is 17.9. The van der Waals surface area contributed by atoms with Crippen LogP contribution in [-0.4, -0.2) is 60.1 Å². The molecule has 2 aromatic rings. The lowest BCUT2D eigenvalue weighted by Gasteiger charge is -2.27. The Kier molecular flexibility index (Phi) is 7.16. The molecule has 0 aliphatic carbocycles. The maximum absolute atomic E-state index is 14.8. The second kappa shape index (κ2) is 9.84. The Hall–Kier alpha value is -3.37. The molecule has 1 aromatic carbocycles. The molecule has 170 valence electrons. The van der Waals surface area contributed by atoms with E-state index in [4.69, 9.17) is 21.6 Å². The summed E-state index contributed by atoms with van der Waals surface area (Å²) in [6.07, 6.45) is 1.95. The number of hydrogen-bond acceptors (Lipinski definition) is 7. The van der Waals surface area contributed by atoms with Gasteiger partial charge in [-0.25, -0.2) is 9.18 Å². The molecule has 3 rings (SSSR count). The van der Waals surface area contributed by atoms with Crippen LogP contribution in [0.25, 0.3) is 11.1 Å². The highest BCUT2D eigenvalue weighted by atomic mass is 19.1. The molecule has 5 N–H and O–H groups in total. The Morgan fingerprint density at radius 2 is 1.97 bits per heavy atom. The molecule has 0 radical (unpaired) electrons. The normalized spacial score (nSPS) is 15.7. The highest BCUT2D eigenvalue weighted by Gasteiger charge is 2.27. The van der Waals surface area contributed by atoms with Gasteiger partial charge in [-0.2, -0.15) is 0 Å². The first-order chi connectivity index (χ1) is 15.2. The minimum atomic E-state index is -1.16. The van der Waals surface area contributed by atoms with E-state index in [1.54, 1.807) is 37.1 Å². The number of halogens is 1. The Morgan fingerprint density at radius 3 is 2.62 bits per heavy atom. The molecule has 1 aliphatic heterocycles. The first kappa shape index (κ1) is 23.3. The first-order valence-electron chi connectivity index (χ1n) is 10.1. The van der Waals surface area contributed by atoms with Crippen LogP contribution in [0.15, 0.2) is 30.6 Å². The molecule has 2 amide bonds. The van der Waals surface area contributed by atoms with Crippen molar-refractivity contribution in [2.75, 3.05) is 26.3 Å². The predicted octanol–water partition coefficient (Wildman–Crippen LogP) is 2.17. The highest BCUT2D eigenvalue weighted by molar-refractivity contribution is 5.95. The van der Waals surface area contributed by atoms with Crippen molar-refractivity contribution < 1.29 is 23.5 Å². The summed E-state index contributed by atoms with van der Waals surface area (Å²) in [6, 6.07) is 3.55. The van der Waals surface area contributed by atoms with E-state index >= 15 is 0 Å². The lowest BCUT2D eigenvalue weighted by Crippen LogP contribution is -2.40. The summed E-state index contributed by atoms with van der Waals surface area (Å²) < 4.78 is 24.6. The van der Waals surface area contributed by atoms with E-state index in [2.05, 4.69) is 9.72 Å². The summed E-state index contributed by atoms with van der Waals surface area (Å²) in [5.74, 6) is -1.88. The number of nitrogens with two attached hydrogens (primary N) is 2. The van der Waals surface area contributed by atoms with Crippen LogP contribution in [0.5, 0.6) is 0 Å². The summed E-state index contributed by atoms with van der Waals surface area (Å²) in [4.78, 5) is 29.7. The molecule has 2 unspecified atom stereocenters. The maximum atomic E-state index is 14.8. The van der Waals surface area contributed by atoms with E-state index in [-0.39, 0.29) is 11.5 Å². The number of rotatable bonds is 5. The van der Waals surface area contributed by atoms with Crippen LogP contribution in [0.2, 0.25) is 0 Å². The highest BCUT2D eigenvalue weighted by Crippen LogP contribution is 2.33. The quantitative estimate of drug-likeness (QED) is 0.477. The van der Waals surface area contributed by atoms with E-state index in [1.165, 1.54) is 12.3 Å². The molecule has 1 saturated heterocycles. The molecular weight excluding hydrogens is 417 g/mol. The summed E-state index contributed by atoms with van der Waals surface area (Å²) >= 11 is 0. The fourth-order valence-corrected chi connectivity index (χ4v) is 3.80. The van der Waals surface area contributed by atoms with Gasteiger partial charge < -0.3 is 25.8 Å². The first-order valence-corrected chi connectivity index (χ1v) is 10.1. The van der Waals surface area contributed by atoms with Crippen molar-refractivity contribution in [1.82, 2.24) is 9.88 Å². The van der Waals surface area contributed by atoms with Gasteiger partial charge in [-0.15, -0.1) is 0 Å². The summed E-state index contributed by atoms with van der Waals surface area (Å²) in [5, 5.41) is 7.80. The number of pyridine rings is 1. The number of primary amides is 1. The molecule has 9 nitrogen and oxygen atoms in total. The molecule has 1 aromatic heterocycles. The standard InChI is InChI=1S/C22H26FN5O4/c1-12-16(3-4-17(23)18(12)13(2)19(24)20(25)32-22(26)30)14-9-15(11-27-10-14)21(29)28-5-7-31-8-6-28/h3-4,9-11,13,19,25H,5-8,24H2,1-2H3,(H2,26,30). The van der Waals surface area contributed by atoms with Gasteiger partial charge in [0.05, 0.1) is 24.8 Å². The van der Waals surface area contributed by atoms with Crippen molar-refractivity contribution in [2.45, 2.75) is 25.8 Å². The number of nitrogens with zero attached hydrogens (tertiary/aromatic N) is 2. The predicted molar refractivity (Wildman–Crippen MR) is 116 cm³/mol. The lowest BCUT2D eigenvalue weighted by atomic mass is 9.86. The molecule has 10 heteroatoms. The van der Waals surface area contributed by atoms with Gasteiger partial charge in [0.15, 0.2) is 0 Å². The number of carbonyl (C=O) groups is 2. The van der Waals surface area contributed by atoms with Crippen LogP contribution in [0, 0.1) is 18.2 Å². The van der Waals surface area contributed by atoms with Gasteiger partial charge in [-0.1, -0.05) is 13.0 Å². The summed E-state index contributed by atoms with van der Waals surface area (Å²) in [5.41, 5.74) is 13.6.